The molecule has 2 aliphatic heterocycles. The predicted molar refractivity (Wildman–Crippen MR) is 120 cm³/mol. The summed E-state index contributed by atoms with van der Waals surface area (Å²) in [7, 11) is 1.58. The first-order valence-electron chi connectivity index (χ1n) is 11.9. The lowest BCUT2D eigenvalue weighted by Crippen LogP contribution is -2.53. The van der Waals surface area contributed by atoms with Crippen LogP contribution in [0.4, 0.5) is 0 Å². The molecule has 9 nitrogen and oxygen atoms in total. The summed E-state index contributed by atoms with van der Waals surface area (Å²) in [6.07, 6.45) is 5.21. The van der Waals surface area contributed by atoms with Gasteiger partial charge in [0.1, 0.15) is 6.04 Å². The Morgan fingerprint density at radius 2 is 1.94 bits per heavy atom. The molecule has 2 fully saturated rings. The number of rotatable bonds is 9. The molecule has 3 rings (SSSR count). The maximum atomic E-state index is 13.6. The van der Waals surface area contributed by atoms with E-state index in [2.05, 4.69) is 15.5 Å². The fourth-order valence-electron chi connectivity index (χ4n) is 5.43. The number of carbonyl (C=O) groups is 3. The molecular formula is C23H38N4O5. The van der Waals surface area contributed by atoms with Gasteiger partial charge in [0.05, 0.1) is 37.7 Å². The van der Waals surface area contributed by atoms with Crippen LogP contribution in [0.1, 0.15) is 26.7 Å². The first kappa shape index (κ1) is 24.7. The van der Waals surface area contributed by atoms with E-state index in [4.69, 9.17) is 4.74 Å². The van der Waals surface area contributed by atoms with Crippen LogP contribution in [0.2, 0.25) is 0 Å². The summed E-state index contributed by atoms with van der Waals surface area (Å²) in [6.45, 7) is 7.94. The number of morpholine rings is 1. The second-order valence-corrected chi connectivity index (χ2v) is 8.88. The molecular weight excluding hydrogens is 412 g/mol. The topological polar surface area (TPSA) is 111 Å². The SMILES string of the molecule is CC[C@@H](CO)N1C(=O)[C@@H]2[C@H](C=C[C@@H](CC)[C@H]2C(=O)NC)[C@H]1C(=O)NCCN1CCOCC1. The second kappa shape index (κ2) is 11.2. The zero-order chi connectivity index (χ0) is 23.3. The quantitative estimate of drug-likeness (QED) is 0.413. The molecule has 1 aliphatic carbocycles. The molecule has 0 radical (unpaired) electrons. The molecule has 9 heteroatoms. The standard InChI is InChI=1S/C23H38N4O5/c1-4-15-6-7-17-19(18(15)21(29)24-3)23(31)27(16(5-2)14-28)20(17)22(30)25-8-9-26-10-12-32-13-11-26/h6-7,15-20,28H,4-5,8-14H2,1-3H3,(H,24,29)(H,25,30)/t15-,16+,17+,18-,19-,20+/m1/s1. The fraction of sp³-hybridized carbons (Fsp3) is 0.783. The molecule has 32 heavy (non-hydrogen) atoms. The van der Waals surface area contributed by atoms with Crippen LogP contribution in [-0.2, 0) is 19.1 Å². The average molecular weight is 451 g/mol. The van der Waals surface area contributed by atoms with Crippen molar-refractivity contribution in [1.29, 1.82) is 0 Å². The van der Waals surface area contributed by atoms with E-state index in [1.807, 2.05) is 26.0 Å². The van der Waals surface area contributed by atoms with Gasteiger partial charge in [-0.1, -0.05) is 26.0 Å². The zero-order valence-corrected chi connectivity index (χ0v) is 19.5. The second-order valence-electron chi connectivity index (χ2n) is 8.88. The van der Waals surface area contributed by atoms with Crippen LogP contribution in [0.25, 0.3) is 0 Å². The van der Waals surface area contributed by atoms with Gasteiger partial charge in [0.15, 0.2) is 0 Å². The van der Waals surface area contributed by atoms with Crippen molar-refractivity contribution in [1.82, 2.24) is 20.4 Å². The number of aliphatic hydroxyl groups is 1. The minimum absolute atomic E-state index is 0.0562. The maximum Gasteiger partial charge on any atom is 0.243 e. The Kier molecular flexibility index (Phi) is 8.67. The number of amides is 3. The van der Waals surface area contributed by atoms with Gasteiger partial charge < -0.3 is 25.4 Å². The van der Waals surface area contributed by atoms with E-state index in [0.29, 0.717) is 26.2 Å². The number of allylic oxidation sites excluding steroid dienone is 1. The number of ether oxygens (including phenoxy) is 1. The lowest BCUT2D eigenvalue weighted by atomic mass is 9.69. The highest BCUT2D eigenvalue weighted by atomic mass is 16.5. The third-order valence-electron chi connectivity index (χ3n) is 7.24. The smallest absolute Gasteiger partial charge is 0.243 e. The van der Waals surface area contributed by atoms with E-state index in [1.54, 1.807) is 11.9 Å². The van der Waals surface area contributed by atoms with E-state index in [1.165, 1.54) is 0 Å². The molecule has 0 unspecified atom stereocenters. The number of carbonyl (C=O) groups excluding carboxylic acids is 3. The molecule has 0 saturated carbocycles. The first-order chi connectivity index (χ1) is 15.5. The molecule has 0 bridgehead atoms. The molecule has 3 N–H and O–H groups in total. The van der Waals surface area contributed by atoms with Crippen LogP contribution in [0, 0.1) is 23.7 Å². The van der Waals surface area contributed by atoms with Gasteiger partial charge in [0.25, 0.3) is 0 Å². The number of likely N-dealkylation sites (tertiary alicyclic amines) is 1. The molecule has 2 heterocycles. The molecule has 0 aromatic rings. The van der Waals surface area contributed by atoms with Crippen LogP contribution >= 0.6 is 0 Å². The normalized spacial score (nSPS) is 31.3. The van der Waals surface area contributed by atoms with Gasteiger partial charge in [0, 0.05) is 39.1 Å². The summed E-state index contributed by atoms with van der Waals surface area (Å²) in [5.41, 5.74) is 0. The first-order valence-corrected chi connectivity index (χ1v) is 11.9. The minimum Gasteiger partial charge on any atom is -0.394 e. The summed E-state index contributed by atoms with van der Waals surface area (Å²) in [4.78, 5) is 43.6. The highest BCUT2D eigenvalue weighted by Gasteiger charge is 2.58. The third-order valence-corrected chi connectivity index (χ3v) is 7.24. The maximum absolute atomic E-state index is 13.6. The van der Waals surface area contributed by atoms with Crippen LogP contribution < -0.4 is 10.6 Å². The molecule has 0 aromatic carbocycles. The number of fused-ring (bicyclic) bond motifs is 1. The van der Waals surface area contributed by atoms with Crippen LogP contribution in [0.3, 0.4) is 0 Å². The van der Waals surface area contributed by atoms with Crippen molar-refractivity contribution in [3.05, 3.63) is 12.2 Å². The van der Waals surface area contributed by atoms with Crippen LogP contribution in [0.5, 0.6) is 0 Å². The summed E-state index contributed by atoms with van der Waals surface area (Å²) in [5.74, 6) is -2.16. The van der Waals surface area contributed by atoms with Crippen molar-refractivity contribution in [2.75, 3.05) is 53.0 Å². The van der Waals surface area contributed by atoms with Gasteiger partial charge in [-0.2, -0.15) is 0 Å². The molecule has 180 valence electrons. The monoisotopic (exact) mass is 450 g/mol. The Hall–Kier alpha value is -1.97. The van der Waals surface area contributed by atoms with Crippen molar-refractivity contribution in [3.8, 4) is 0 Å². The lowest BCUT2D eigenvalue weighted by Gasteiger charge is -2.34. The molecule has 2 saturated heterocycles. The molecule has 6 atom stereocenters. The number of aliphatic hydroxyl groups excluding tert-OH is 1. The predicted octanol–water partition coefficient (Wildman–Crippen LogP) is -0.393. The van der Waals surface area contributed by atoms with Gasteiger partial charge >= 0.3 is 0 Å². The summed E-state index contributed by atoms with van der Waals surface area (Å²) in [6, 6.07) is -1.18. The Bertz CT molecular complexity index is 705. The van der Waals surface area contributed by atoms with Crippen molar-refractivity contribution in [2.24, 2.45) is 23.7 Å². The molecule has 3 aliphatic rings. The number of hydrogen-bond donors (Lipinski definition) is 3. The Balaban J connectivity index is 1.83. The van der Waals surface area contributed by atoms with Crippen molar-refractivity contribution in [2.45, 2.75) is 38.8 Å². The highest BCUT2D eigenvalue weighted by Crippen LogP contribution is 2.45. The largest absolute Gasteiger partial charge is 0.394 e. The van der Waals surface area contributed by atoms with E-state index >= 15 is 0 Å². The van der Waals surface area contributed by atoms with E-state index < -0.39 is 29.8 Å². The van der Waals surface area contributed by atoms with Crippen LogP contribution in [-0.4, -0.2) is 97.8 Å². The van der Waals surface area contributed by atoms with Crippen LogP contribution in [0.15, 0.2) is 12.2 Å². The zero-order valence-electron chi connectivity index (χ0n) is 19.5. The van der Waals surface area contributed by atoms with E-state index in [0.717, 1.165) is 26.1 Å². The Morgan fingerprint density at radius 3 is 2.53 bits per heavy atom. The molecule has 0 aromatic heterocycles. The summed E-state index contributed by atoms with van der Waals surface area (Å²) >= 11 is 0. The van der Waals surface area contributed by atoms with E-state index in [-0.39, 0.29) is 30.2 Å². The van der Waals surface area contributed by atoms with Gasteiger partial charge in [0.2, 0.25) is 17.7 Å². The Labute approximate surface area is 190 Å². The number of nitrogens with one attached hydrogen (secondary N) is 2. The number of hydrogen-bond acceptors (Lipinski definition) is 6. The summed E-state index contributed by atoms with van der Waals surface area (Å²) in [5, 5.41) is 15.7. The molecule has 0 spiro atoms. The number of nitrogens with zero attached hydrogens (tertiary/aromatic N) is 2. The van der Waals surface area contributed by atoms with Crippen molar-refractivity contribution in [3.63, 3.8) is 0 Å². The minimum atomic E-state index is -0.726. The lowest BCUT2D eigenvalue weighted by molar-refractivity contribution is -0.143. The van der Waals surface area contributed by atoms with Gasteiger partial charge in [-0.25, -0.2) is 0 Å². The van der Waals surface area contributed by atoms with Gasteiger partial charge in [-0.15, -0.1) is 0 Å². The summed E-state index contributed by atoms with van der Waals surface area (Å²) < 4.78 is 5.36. The average Bonchev–Trinajstić information content (AvgIpc) is 3.11. The molecule has 3 amide bonds. The third kappa shape index (κ3) is 4.84. The van der Waals surface area contributed by atoms with E-state index in [9.17, 15) is 19.5 Å². The van der Waals surface area contributed by atoms with Crippen molar-refractivity contribution < 1.29 is 24.2 Å². The Morgan fingerprint density at radius 1 is 1.22 bits per heavy atom. The van der Waals surface area contributed by atoms with Gasteiger partial charge in [-0.3, -0.25) is 19.3 Å². The van der Waals surface area contributed by atoms with Crippen molar-refractivity contribution >= 4 is 17.7 Å². The highest BCUT2D eigenvalue weighted by molar-refractivity contribution is 5.97. The van der Waals surface area contributed by atoms with Gasteiger partial charge in [-0.05, 0) is 18.8 Å². The fourth-order valence-corrected chi connectivity index (χ4v) is 5.43.